The van der Waals surface area contributed by atoms with Crippen LogP contribution in [0.2, 0.25) is 0 Å². The summed E-state index contributed by atoms with van der Waals surface area (Å²) in [6, 6.07) is 17.4. The number of rotatable bonds is 10. The topological polar surface area (TPSA) is 50.8 Å². The van der Waals surface area contributed by atoms with Crippen LogP contribution < -0.4 is 10.1 Å². The van der Waals surface area contributed by atoms with Crippen molar-refractivity contribution in [3.63, 3.8) is 0 Å². The van der Waals surface area contributed by atoms with Gasteiger partial charge in [0.2, 0.25) is 0 Å². The number of nitrogens with one attached hydrogen (secondary N) is 1. The summed E-state index contributed by atoms with van der Waals surface area (Å²) in [5.41, 5.74) is 1.79. The third-order valence-corrected chi connectivity index (χ3v) is 3.96. The number of hydrogen-bond donors (Lipinski definition) is 1. The predicted octanol–water partition coefficient (Wildman–Crippen LogP) is 4.55. The lowest BCUT2D eigenvalue weighted by atomic mass is 10.2. The lowest BCUT2D eigenvalue weighted by Gasteiger charge is -2.24. The van der Waals surface area contributed by atoms with E-state index in [1.807, 2.05) is 66.4 Å². The van der Waals surface area contributed by atoms with Gasteiger partial charge in [-0.15, -0.1) is 0 Å². The Hall–Kier alpha value is -2.53. The molecule has 2 aromatic rings. The first-order chi connectivity index (χ1) is 12.7. The molecule has 5 heteroatoms. The summed E-state index contributed by atoms with van der Waals surface area (Å²) in [6.45, 7) is 4.42. The zero-order chi connectivity index (χ0) is 18.6. The third-order valence-electron chi connectivity index (χ3n) is 3.96. The average Bonchev–Trinajstić information content (AvgIpc) is 2.67. The number of nitrogens with zero attached hydrogens (tertiary/aromatic N) is 1. The first-order valence-corrected chi connectivity index (χ1v) is 9.05. The van der Waals surface area contributed by atoms with Gasteiger partial charge in [-0.1, -0.05) is 42.5 Å². The molecule has 1 N–H and O–H groups in total. The molecule has 0 fully saturated rings. The maximum Gasteiger partial charge on any atom is 0.322 e. The van der Waals surface area contributed by atoms with Gasteiger partial charge in [0.25, 0.3) is 0 Å². The van der Waals surface area contributed by atoms with Crippen molar-refractivity contribution in [2.45, 2.75) is 26.3 Å². The molecule has 0 aliphatic carbocycles. The minimum Gasteiger partial charge on any atom is -0.492 e. The Kier molecular flexibility index (Phi) is 8.49. The van der Waals surface area contributed by atoms with E-state index in [0.717, 1.165) is 18.4 Å². The highest BCUT2D eigenvalue weighted by atomic mass is 16.5. The van der Waals surface area contributed by atoms with Crippen molar-refractivity contribution in [3.8, 4) is 5.75 Å². The fraction of sp³-hybridized carbons (Fsp3) is 0.381. The molecule has 0 aliphatic rings. The molecule has 0 saturated carbocycles. The fourth-order valence-electron chi connectivity index (χ4n) is 2.65. The minimum atomic E-state index is -0.126. The van der Waals surface area contributed by atoms with Crippen LogP contribution in [-0.2, 0) is 11.3 Å². The highest BCUT2D eigenvalue weighted by molar-refractivity contribution is 5.91. The maximum atomic E-state index is 12.9. The van der Waals surface area contributed by atoms with Gasteiger partial charge in [0.05, 0.1) is 12.3 Å². The lowest BCUT2D eigenvalue weighted by Crippen LogP contribution is -2.35. The Bertz CT molecular complexity index is 661. The van der Waals surface area contributed by atoms with Crippen molar-refractivity contribution in [2.75, 3.05) is 32.2 Å². The molecule has 5 nitrogen and oxygen atoms in total. The summed E-state index contributed by atoms with van der Waals surface area (Å²) in [7, 11) is 1.69. The van der Waals surface area contributed by atoms with E-state index in [4.69, 9.17) is 9.47 Å². The van der Waals surface area contributed by atoms with E-state index in [0.29, 0.717) is 37.7 Å². The monoisotopic (exact) mass is 356 g/mol. The Morgan fingerprint density at radius 3 is 2.50 bits per heavy atom. The van der Waals surface area contributed by atoms with E-state index >= 15 is 0 Å². The average molecular weight is 356 g/mol. The number of methoxy groups -OCH3 is 1. The van der Waals surface area contributed by atoms with Gasteiger partial charge < -0.3 is 19.7 Å². The number of amides is 2. The fourth-order valence-corrected chi connectivity index (χ4v) is 2.65. The van der Waals surface area contributed by atoms with E-state index in [1.165, 1.54) is 0 Å². The predicted molar refractivity (Wildman–Crippen MR) is 105 cm³/mol. The molecule has 2 aromatic carbocycles. The first-order valence-electron chi connectivity index (χ1n) is 9.05. The Morgan fingerprint density at radius 2 is 1.77 bits per heavy atom. The van der Waals surface area contributed by atoms with Gasteiger partial charge in [-0.3, -0.25) is 0 Å². The number of para-hydroxylation sites is 2. The molecular weight excluding hydrogens is 328 g/mol. The normalized spacial score (nSPS) is 10.4. The zero-order valence-corrected chi connectivity index (χ0v) is 15.6. The zero-order valence-electron chi connectivity index (χ0n) is 15.6. The molecule has 0 radical (unpaired) electrons. The number of hydrogen-bond acceptors (Lipinski definition) is 3. The number of ether oxygens (including phenoxy) is 2. The number of carbonyl (C=O) groups is 1. The summed E-state index contributed by atoms with van der Waals surface area (Å²) in [5, 5.41) is 2.99. The van der Waals surface area contributed by atoms with Crippen molar-refractivity contribution >= 4 is 11.7 Å². The van der Waals surface area contributed by atoms with Gasteiger partial charge in [0, 0.05) is 26.8 Å². The van der Waals surface area contributed by atoms with Crippen LogP contribution in [0.25, 0.3) is 0 Å². The lowest BCUT2D eigenvalue weighted by molar-refractivity contribution is 0.182. The molecular formula is C21H28N2O3. The summed E-state index contributed by atoms with van der Waals surface area (Å²) in [4.78, 5) is 14.7. The Morgan fingerprint density at radius 1 is 1.04 bits per heavy atom. The van der Waals surface area contributed by atoms with E-state index < -0.39 is 0 Å². The van der Waals surface area contributed by atoms with Crippen LogP contribution >= 0.6 is 0 Å². The Labute approximate surface area is 155 Å². The van der Waals surface area contributed by atoms with Crippen LogP contribution in [0.3, 0.4) is 0 Å². The van der Waals surface area contributed by atoms with Gasteiger partial charge in [-0.25, -0.2) is 4.79 Å². The maximum absolute atomic E-state index is 12.9. The van der Waals surface area contributed by atoms with Gasteiger partial charge >= 0.3 is 6.03 Å². The van der Waals surface area contributed by atoms with E-state index in [1.54, 1.807) is 7.11 Å². The van der Waals surface area contributed by atoms with Crippen LogP contribution in [0.15, 0.2) is 54.6 Å². The van der Waals surface area contributed by atoms with Gasteiger partial charge in [-0.2, -0.15) is 0 Å². The third kappa shape index (κ3) is 6.41. The molecule has 0 aromatic heterocycles. The van der Waals surface area contributed by atoms with Crippen molar-refractivity contribution < 1.29 is 14.3 Å². The molecule has 140 valence electrons. The number of urea groups is 1. The van der Waals surface area contributed by atoms with Crippen molar-refractivity contribution in [1.29, 1.82) is 0 Å². The molecule has 2 rings (SSSR count). The van der Waals surface area contributed by atoms with Gasteiger partial charge in [0.1, 0.15) is 5.75 Å². The SMILES string of the molecule is CCOc1ccccc1NC(=O)N(CCCCOC)Cc1ccccc1. The molecule has 0 bridgehead atoms. The van der Waals surface area contributed by atoms with Crippen LogP contribution in [0, 0.1) is 0 Å². The second kappa shape index (κ2) is 11.2. The highest BCUT2D eigenvalue weighted by Crippen LogP contribution is 2.24. The molecule has 0 aliphatic heterocycles. The number of unbranched alkanes of at least 4 members (excludes halogenated alkanes) is 1. The van der Waals surface area contributed by atoms with Crippen LogP contribution in [0.4, 0.5) is 10.5 Å². The standard InChI is InChI=1S/C21H28N2O3/c1-3-26-20-14-8-7-13-19(20)22-21(24)23(15-9-10-16-25-2)17-18-11-5-4-6-12-18/h4-8,11-14H,3,9-10,15-17H2,1-2H3,(H,22,24). The molecule has 0 atom stereocenters. The number of benzene rings is 2. The Balaban J connectivity index is 2.06. The van der Waals surface area contributed by atoms with Gasteiger partial charge in [-0.05, 0) is 37.5 Å². The summed E-state index contributed by atoms with van der Waals surface area (Å²) in [6.07, 6.45) is 1.81. The van der Waals surface area contributed by atoms with E-state index in [2.05, 4.69) is 5.32 Å². The molecule has 26 heavy (non-hydrogen) atoms. The molecule has 2 amide bonds. The largest absolute Gasteiger partial charge is 0.492 e. The van der Waals surface area contributed by atoms with Crippen molar-refractivity contribution in [3.05, 3.63) is 60.2 Å². The summed E-state index contributed by atoms with van der Waals surface area (Å²) in [5.74, 6) is 0.683. The quantitative estimate of drug-likeness (QED) is 0.636. The number of anilines is 1. The minimum absolute atomic E-state index is 0.126. The smallest absolute Gasteiger partial charge is 0.322 e. The summed E-state index contributed by atoms with van der Waals surface area (Å²) >= 11 is 0. The molecule has 0 spiro atoms. The molecule has 0 saturated heterocycles. The second-order valence-electron chi connectivity index (χ2n) is 5.97. The molecule has 0 unspecified atom stereocenters. The van der Waals surface area contributed by atoms with Crippen molar-refractivity contribution in [2.24, 2.45) is 0 Å². The number of carbonyl (C=O) groups excluding carboxylic acids is 1. The molecule has 0 heterocycles. The van der Waals surface area contributed by atoms with Crippen LogP contribution in [0.5, 0.6) is 5.75 Å². The van der Waals surface area contributed by atoms with E-state index in [-0.39, 0.29) is 6.03 Å². The summed E-state index contributed by atoms with van der Waals surface area (Å²) < 4.78 is 10.7. The highest BCUT2D eigenvalue weighted by Gasteiger charge is 2.15. The first kappa shape index (κ1) is 19.8. The van der Waals surface area contributed by atoms with Crippen LogP contribution in [0.1, 0.15) is 25.3 Å². The second-order valence-corrected chi connectivity index (χ2v) is 5.97. The van der Waals surface area contributed by atoms with E-state index in [9.17, 15) is 4.79 Å². The van der Waals surface area contributed by atoms with Crippen molar-refractivity contribution in [1.82, 2.24) is 4.90 Å². The van der Waals surface area contributed by atoms with Crippen LogP contribution in [-0.4, -0.2) is 37.8 Å². The van der Waals surface area contributed by atoms with Gasteiger partial charge in [0.15, 0.2) is 0 Å².